The molecule has 3 rings (SSSR count). The highest BCUT2D eigenvalue weighted by Gasteiger charge is 2.39. The molecule has 1 aromatic heterocycles. The summed E-state index contributed by atoms with van der Waals surface area (Å²) in [6, 6.07) is 12.2. The molecule has 5 nitrogen and oxygen atoms in total. The number of nitrogen functional groups attached to an aromatic ring is 1. The van der Waals surface area contributed by atoms with Crippen LogP contribution in [-0.2, 0) is 0 Å². The maximum absolute atomic E-state index is 12.6. The Morgan fingerprint density at radius 1 is 1.07 bits per heavy atom. The van der Waals surface area contributed by atoms with Gasteiger partial charge in [0.05, 0.1) is 5.69 Å². The molecule has 1 unspecified atom stereocenters. The van der Waals surface area contributed by atoms with Gasteiger partial charge >= 0.3 is 6.18 Å². The zero-order chi connectivity index (χ0) is 20.5. The fraction of sp³-hybridized carbons (Fsp3) is 0.158. The average Bonchev–Trinajstić information content (AvgIpc) is 2.62. The van der Waals surface area contributed by atoms with Crippen LogP contribution in [0.4, 0.5) is 30.6 Å². The lowest BCUT2D eigenvalue weighted by molar-refractivity contribution is -0.206. The van der Waals surface area contributed by atoms with Crippen molar-refractivity contribution in [1.82, 2.24) is 9.97 Å². The molecular formula is C19H16ClF3N4O. The van der Waals surface area contributed by atoms with Crippen LogP contribution in [0, 0.1) is 6.92 Å². The minimum Gasteiger partial charge on any atom is -0.379 e. The minimum absolute atomic E-state index is 0.0310. The number of hydrogen-bond acceptors (Lipinski definition) is 5. The number of aliphatic hydroxyl groups is 1. The molecule has 3 aromatic rings. The van der Waals surface area contributed by atoms with Gasteiger partial charge in [0, 0.05) is 22.3 Å². The maximum Gasteiger partial charge on any atom is 0.418 e. The zero-order valence-corrected chi connectivity index (χ0v) is 15.4. The topological polar surface area (TPSA) is 84.1 Å². The Hall–Kier alpha value is -2.84. The van der Waals surface area contributed by atoms with Crippen LogP contribution in [0.2, 0.25) is 5.02 Å². The molecule has 146 valence electrons. The summed E-state index contributed by atoms with van der Waals surface area (Å²) in [5.74, 6) is 0.398. The van der Waals surface area contributed by atoms with E-state index in [4.69, 9.17) is 17.3 Å². The van der Waals surface area contributed by atoms with Crippen molar-refractivity contribution in [2.75, 3.05) is 11.1 Å². The molecule has 0 aliphatic rings. The largest absolute Gasteiger partial charge is 0.418 e. The van der Waals surface area contributed by atoms with Crippen molar-refractivity contribution in [3.8, 4) is 11.3 Å². The van der Waals surface area contributed by atoms with Gasteiger partial charge in [0.1, 0.15) is 5.82 Å². The first-order chi connectivity index (χ1) is 13.1. The molecule has 9 heteroatoms. The molecule has 2 aromatic carbocycles. The van der Waals surface area contributed by atoms with E-state index in [-0.39, 0.29) is 11.5 Å². The first-order valence-electron chi connectivity index (χ1n) is 8.16. The summed E-state index contributed by atoms with van der Waals surface area (Å²) in [5, 5.41) is 12.8. The zero-order valence-electron chi connectivity index (χ0n) is 14.6. The molecule has 0 aliphatic carbocycles. The molecule has 0 bridgehead atoms. The van der Waals surface area contributed by atoms with Crippen LogP contribution in [0.1, 0.15) is 17.2 Å². The van der Waals surface area contributed by atoms with Crippen molar-refractivity contribution in [2.45, 2.75) is 19.2 Å². The molecule has 1 atom stereocenters. The van der Waals surface area contributed by atoms with Crippen molar-refractivity contribution in [2.24, 2.45) is 0 Å². The number of benzene rings is 2. The lowest BCUT2D eigenvalue weighted by atomic mass is 10.1. The van der Waals surface area contributed by atoms with Gasteiger partial charge in [0.25, 0.3) is 0 Å². The number of nitrogens with zero attached hydrogens (tertiary/aromatic N) is 2. The molecule has 0 radical (unpaired) electrons. The third-order valence-electron chi connectivity index (χ3n) is 4.03. The van der Waals surface area contributed by atoms with E-state index in [1.165, 1.54) is 24.3 Å². The molecule has 4 N–H and O–H groups in total. The van der Waals surface area contributed by atoms with E-state index in [2.05, 4.69) is 15.3 Å². The van der Waals surface area contributed by atoms with Crippen molar-refractivity contribution >= 4 is 29.1 Å². The van der Waals surface area contributed by atoms with E-state index in [9.17, 15) is 18.3 Å². The molecule has 0 amide bonds. The summed E-state index contributed by atoms with van der Waals surface area (Å²) in [4.78, 5) is 8.32. The average molecular weight is 409 g/mol. The fourth-order valence-electron chi connectivity index (χ4n) is 2.62. The van der Waals surface area contributed by atoms with Crippen molar-refractivity contribution < 1.29 is 18.3 Å². The van der Waals surface area contributed by atoms with Gasteiger partial charge in [-0.2, -0.15) is 18.2 Å². The third kappa shape index (κ3) is 4.52. The van der Waals surface area contributed by atoms with E-state index in [1.807, 2.05) is 13.0 Å². The summed E-state index contributed by atoms with van der Waals surface area (Å²) in [5.41, 5.74) is 8.30. The number of aryl methyl sites for hydroxylation is 1. The number of halogens is 4. The monoisotopic (exact) mass is 408 g/mol. The third-order valence-corrected chi connectivity index (χ3v) is 4.26. The number of rotatable bonds is 4. The van der Waals surface area contributed by atoms with Crippen LogP contribution >= 0.6 is 11.6 Å². The summed E-state index contributed by atoms with van der Waals surface area (Å²) < 4.78 is 37.8. The van der Waals surface area contributed by atoms with E-state index in [0.717, 1.165) is 11.1 Å². The van der Waals surface area contributed by atoms with Gasteiger partial charge in [-0.1, -0.05) is 29.8 Å². The summed E-state index contributed by atoms with van der Waals surface area (Å²) in [6.45, 7) is 1.90. The lowest BCUT2D eigenvalue weighted by Gasteiger charge is -2.15. The smallest absolute Gasteiger partial charge is 0.379 e. The van der Waals surface area contributed by atoms with Gasteiger partial charge in [0.15, 0.2) is 6.10 Å². The Morgan fingerprint density at radius 2 is 1.75 bits per heavy atom. The Morgan fingerprint density at radius 3 is 2.39 bits per heavy atom. The van der Waals surface area contributed by atoms with Crippen LogP contribution in [0.15, 0.2) is 48.5 Å². The van der Waals surface area contributed by atoms with E-state index >= 15 is 0 Å². The van der Waals surface area contributed by atoms with Crippen LogP contribution < -0.4 is 11.1 Å². The predicted molar refractivity (Wildman–Crippen MR) is 102 cm³/mol. The first-order valence-corrected chi connectivity index (χ1v) is 8.54. The standard InChI is InChI=1S/C19H16ClF3N4O/c1-10-2-5-12(20)8-14(10)15-9-16(27-18(24)26-15)25-13-6-3-11(4-7-13)17(28)19(21,22)23/h2-9,17,28H,1H3,(H3,24,25,26,27). The number of alkyl halides is 3. The number of nitrogens with two attached hydrogens (primary N) is 1. The van der Waals surface area contributed by atoms with Crippen molar-refractivity contribution in [3.63, 3.8) is 0 Å². The van der Waals surface area contributed by atoms with Gasteiger partial charge in [-0.05, 0) is 42.3 Å². The van der Waals surface area contributed by atoms with Gasteiger partial charge in [-0.3, -0.25) is 0 Å². The predicted octanol–water partition coefficient (Wildman–Crippen LogP) is 5.03. The number of hydrogen-bond donors (Lipinski definition) is 3. The Labute approximate surface area is 164 Å². The highest BCUT2D eigenvalue weighted by atomic mass is 35.5. The molecule has 1 heterocycles. The van der Waals surface area contributed by atoms with Crippen molar-refractivity contribution in [3.05, 3.63) is 64.7 Å². The summed E-state index contributed by atoms with van der Waals surface area (Å²) in [6.07, 6.45) is -7.26. The number of nitrogens with one attached hydrogen (secondary N) is 1. The molecule has 0 aliphatic heterocycles. The number of anilines is 3. The lowest BCUT2D eigenvalue weighted by Crippen LogP contribution is -2.20. The second kappa shape index (κ2) is 7.65. The molecule has 0 fully saturated rings. The second-order valence-corrected chi connectivity index (χ2v) is 6.58. The Balaban J connectivity index is 1.87. The van der Waals surface area contributed by atoms with Crippen LogP contribution in [-0.4, -0.2) is 21.3 Å². The van der Waals surface area contributed by atoms with Crippen LogP contribution in [0.25, 0.3) is 11.3 Å². The van der Waals surface area contributed by atoms with E-state index in [0.29, 0.717) is 22.2 Å². The SMILES string of the molecule is Cc1ccc(Cl)cc1-c1cc(Nc2ccc(C(O)C(F)(F)F)cc2)nc(N)n1. The van der Waals surface area contributed by atoms with Gasteiger partial charge in [0.2, 0.25) is 5.95 Å². The van der Waals surface area contributed by atoms with Crippen molar-refractivity contribution in [1.29, 1.82) is 0 Å². The van der Waals surface area contributed by atoms with Crippen LogP contribution in [0.3, 0.4) is 0 Å². The minimum atomic E-state index is -4.72. The van der Waals surface area contributed by atoms with E-state index < -0.39 is 12.3 Å². The Bertz CT molecular complexity index is 993. The highest BCUT2D eigenvalue weighted by Crippen LogP contribution is 2.33. The maximum atomic E-state index is 12.6. The quantitative estimate of drug-likeness (QED) is 0.564. The summed E-state index contributed by atoms with van der Waals surface area (Å²) in [7, 11) is 0. The molecule has 0 saturated carbocycles. The Kier molecular flexibility index (Phi) is 5.44. The van der Waals surface area contributed by atoms with Gasteiger partial charge < -0.3 is 16.2 Å². The molecular weight excluding hydrogens is 393 g/mol. The number of aliphatic hydroxyl groups excluding tert-OH is 1. The normalized spacial score (nSPS) is 12.6. The van der Waals surface area contributed by atoms with Gasteiger partial charge in [-0.15, -0.1) is 0 Å². The highest BCUT2D eigenvalue weighted by molar-refractivity contribution is 6.30. The van der Waals surface area contributed by atoms with Crippen LogP contribution in [0.5, 0.6) is 0 Å². The number of aromatic nitrogens is 2. The van der Waals surface area contributed by atoms with E-state index in [1.54, 1.807) is 18.2 Å². The first kappa shape index (κ1) is 19.9. The molecule has 0 spiro atoms. The second-order valence-electron chi connectivity index (χ2n) is 6.15. The summed E-state index contributed by atoms with van der Waals surface area (Å²) >= 11 is 6.06. The molecule has 28 heavy (non-hydrogen) atoms. The fourth-order valence-corrected chi connectivity index (χ4v) is 2.80. The van der Waals surface area contributed by atoms with Gasteiger partial charge in [-0.25, -0.2) is 4.98 Å². The molecule has 0 saturated heterocycles.